The fourth-order valence-electron chi connectivity index (χ4n) is 1.60. The molecule has 0 radical (unpaired) electrons. The molecular weight excluding hydrogens is 266 g/mol. The number of non-ortho nitro benzene ring substituents is 1. The molecule has 0 saturated heterocycles. The van der Waals surface area contributed by atoms with Crippen LogP contribution in [0.15, 0.2) is 29.1 Å². The van der Waals surface area contributed by atoms with Crippen molar-refractivity contribution >= 4 is 5.69 Å². The molecule has 0 saturated carbocycles. The summed E-state index contributed by atoms with van der Waals surface area (Å²) in [6, 6.07) is 5.41. The second-order valence-corrected chi connectivity index (χ2v) is 3.80. The van der Waals surface area contributed by atoms with Crippen molar-refractivity contribution in [3.8, 4) is 23.0 Å². The molecule has 0 fully saturated rings. The maximum atomic E-state index is 11.7. The number of aromatic amines is 1. The van der Waals surface area contributed by atoms with Gasteiger partial charge in [0.2, 0.25) is 5.75 Å². The van der Waals surface area contributed by atoms with E-state index in [-0.39, 0.29) is 23.9 Å². The minimum absolute atomic E-state index is 0.0775. The van der Waals surface area contributed by atoms with Gasteiger partial charge in [0.25, 0.3) is 17.1 Å². The molecule has 1 aromatic carbocycles. The Kier molecular flexibility index (Phi) is 3.65. The van der Waals surface area contributed by atoms with E-state index in [0.29, 0.717) is 5.56 Å². The molecule has 2 rings (SSSR count). The summed E-state index contributed by atoms with van der Waals surface area (Å²) < 4.78 is 4.96. The van der Waals surface area contributed by atoms with Crippen LogP contribution in [0.3, 0.4) is 0 Å². The molecule has 1 heterocycles. The molecule has 0 aliphatic rings. The number of aromatic nitrogens is 2. The lowest BCUT2D eigenvalue weighted by molar-refractivity contribution is -0.384. The normalized spacial score (nSPS) is 10.2. The van der Waals surface area contributed by atoms with Gasteiger partial charge in [0, 0.05) is 17.7 Å². The van der Waals surface area contributed by atoms with Crippen LogP contribution in [0, 0.1) is 10.1 Å². The third kappa shape index (κ3) is 2.58. The van der Waals surface area contributed by atoms with Gasteiger partial charge in [-0.05, 0) is 19.1 Å². The number of H-pyrrole nitrogens is 1. The van der Waals surface area contributed by atoms with Gasteiger partial charge in [0.05, 0.1) is 11.5 Å². The smallest absolute Gasteiger partial charge is 0.297 e. The van der Waals surface area contributed by atoms with Gasteiger partial charge in [0.1, 0.15) is 5.82 Å². The van der Waals surface area contributed by atoms with Crippen molar-refractivity contribution in [2.45, 2.75) is 6.92 Å². The number of aromatic hydroxyl groups is 1. The molecule has 8 heteroatoms. The number of hydrogen-bond donors (Lipinski definition) is 2. The highest BCUT2D eigenvalue weighted by Crippen LogP contribution is 2.23. The second kappa shape index (κ2) is 5.39. The highest BCUT2D eigenvalue weighted by atomic mass is 16.6. The van der Waals surface area contributed by atoms with Crippen LogP contribution in [-0.4, -0.2) is 26.6 Å². The van der Waals surface area contributed by atoms with Crippen LogP contribution in [0.4, 0.5) is 5.69 Å². The summed E-state index contributed by atoms with van der Waals surface area (Å²) in [6.45, 7) is 1.89. The molecule has 0 unspecified atom stereocenters. The van der Waals surface area contributed by atoms with Crippen LogP contribution in [0.5, 0.6) is 11.6 Å². The topological polar surface area (TPSA) is 118 Å². The van der Waals surface area contributed by atoms with Crippen LogP contribution >= 0.6 is 0 Å². The molecule has 1 aromatic heterocycles. The first-order valence-electron chi connectivity index (χ1n) is 5.73. The van der Waals surface area contributed by atoms with Gasteiger partial charge in [-0.3, -0.25) is 14.9 Å². The molecule has 104 valence electrons. The third-order valence-corrected chi connectivity index (χ3v) is 2.50. The lowest BCUT2D eigenvalue weighted by Crippen LogP contribution is -2.13. The monoisotopic (exact) mass is 277 g/mol. The largest absolute Gasteiger partial charge is 0.490 e. The Labute approximate surface area is 112 Å². The molecule has 2 N–H and O–H groups in total. The van der Waals surface area contributed by atoms with E-state index in [1.165, 1.54) is 24.3 Å². The first-order chi connectivity index (χ1) is 9.52. The maximum Gasteiger partial charge on any atom is 0.297 e. The summed E-state index contributed by atoms with van der Waals surface area (Å²) >= 11 is 0. The molecule has 0 atom stereocenters. The van der Waals surface area contributed by atoms with Crippen molar-refractivity contribution in [2.24, 2.45) is 0 Å². The molecule has 0 spiro atoms. The highest BCUT2D eigenvalue weighted by Gasteiger charge is 2.13. The van der Waals surface area contributed by atoms with Crippen molar-refractivity contribution in [1.29, 1.82) is 0 Å². The summed E-state index contributed by atoms with van der Waals surface area (Å²) in [6.07, 6.45) is 0. The van der Waals surface area contributed by atoms with Gasteiger partial charge in [-0.25, -0.2) is 0 Å². The summed E-state index contributed by atoms with van der Waals surface area (Å²) in [5, 5.41) is 20.2. The Hall–Kier alpha value is -2.90. The van der Waals surface area contributed by atoms with E-state index >= 15 is 0 Å². The number of hydrogen-bond acceptors (Lipinski definition) is 6. The minimum Gasteiger partial charge on any atom is -0.490 e. The van der Waals surface area contributed by atoms with Crippen LogP contribution in [-0.2, 0) is 0 Å². The van der Waals surface area contributed by atoms with E-state index in [4.69, 9.17) is 4.74 Å². The number of ether oxygens (including phenoxy) is 1. The van der Waals surface area contributed by atoms with Gasteiger partial charge in [0.15, 0.2) is 0 Å². The zero-order valence-electron chi connectivity index (χ0n) is 10.5. The lowest BCUT2D eigenvalue weighted by atomic mass is 10.2. The van der Waals surface area contributed by atoms with Crippen LogP contribution < -0.4 is 10.3 Å². The van der Waals surface area contributed by atoms with Gasteiger partial charge < -0.3 is 14.8 Å². The van der Waals surface area contributed by atoms with Crippen molar-refractivity contribution in [3.05, 3.63) is 44.7 Å². The van der Waals surface area contributed by atoms with Crippen molar-refractivity contribution < 1.29 is 14.8 Å². The molecule has 8 nitrogen and oxygen atoms in total. The molecule has 0 amide bonds. The Morgan fingerprint density at radius 2 is 2.05 bits per heavy atom. The molecule has 20 heavy (non-hydrogen) atoms. The van der Waals surface area contributed by atoms with Crippen LogP contribution in [0.2, 0.25) is 0 Å². The van der Waals surface area contributed by atoms with E-state index in [2.05, 4.69) is 9.97 Å². The van der Waals surface area contributed by atoms with E-state index in [1.54, 1.807) is 6.92 Å². The predicted molar refractivity (Wildman–Crippen MR) is 69.8 cm³/mol. The van der Waals surface area contributed by atoms with E-state index in [0.717, 1.165) is 0 Å². The molecule has 0 aliphatic carbocycles. The summed E-state index contributed by atoms with van der Waals surface area (Å²) in [4.78, 5) is 28.0. The average Bonchev–Trinajstić information content (AvgIpc) is 2.42. The first kappa shape index (κ1) is 13.5. The van der Waals surface area contributed by atoms with E-state index < -0.39 is 16.4 Å². The van der Waals surface area contributed by atoms with Gasteiger partial charge in [-0.1, -0.05) is 0 Å². The Morgan fingerprint density at radius 3 is 2.55 bits per heavy atom. The molecular formula is C12H11N3O5. The van der Waals surface area contributed by atoms with Crippen LogP contribution in [0.25, 0.3) is 11.4 Å². The van der Waals surface area contributed by atoms with Crippen molar-refractivity contribution in [3.63, 3.8) is 0 Å². The van der Waals surface area contributed by atoms with Crippen molar-refractivity contribution in [2.75, 3.05) is 6.61 Å². The van der Waals surface area contributed by atoms with Gasteiger partial charge >= 0.3 is 0 Å². The predicted octanol–water partition coefficient (Wildman–Crippen LogP) is 1.45. The van der Waals surface area contributed by atoms with Gasteiger partial charge in [-0.2, -0.15) is 4.98 Å². The fourth-order valence-corrected chi connectivity index (χ4v) is 1.60. The third-order valence-electron chi connectivity index (χ3n) is 2.50. The Balaban J connectivity index is 2.43. The summed E-state index contributed by atoms with van der Waals surface area (Å²) in [5.41, 5.74) is -0.259. The Morgan fingerprint density at radius 1 is 1.40 bits per heavy atom. The SMILES string of the molecule is CCOc1c(O)nc(-c2ccc([N+](=O)[O-])cc2)[nH]c1=O. The number of nitro groups is 1. The number of rotatable bonds is 4. The Bertz CT molecular complexity index is 693. The van der Waals surface area contributed by atoms with Crippen molar-refractivity contribution in [1.82, 2.24) is 9.97 Å². The number of nitro benzene ring substituents is 1. The molecule has 0 bridgehead atoms. The zero-order valence-corrected chi connectivity index (χ0v) is 10.5. The second-order valence-electron chi connectivity index (χ2n) is 3.80. The molecule has 0 aliphatic heterocycles. The number of nitrogens with one attached hydrogen (secondary N) is 1. The average molecular weight is 277 g/mol. The standard InChI is InChI=1S/C12H11N3O5/c1-2-20-9-11(16)13-10(14-12(9)17)7-3-5-8(6-4-7)15(18)19/h3-6H,2H2,1H3,(H2,13,14,16,17). The zero-order chi connectivity index (χ0) is 14.7. The maximum absolute atomic E-state index is 11.7. The van der Waals surface area contributed by atoms with Gasteiger partial charge in [-0.15, -0.1) is 0 Å². The molecule has 2 aromatic rings. The fraction of sp³-hybridized carbons (Fsp3) is 0.167. The van der Waals surface area contributed by atoms with E-state index in [9.17, 15) is 20.0 Å². The van der Waals surface area contributed by atoms with Crippen LogP contribution in [0.1, 0.15) is 6.92 Å². The lowest BCUT2D eigenvalue weighted by Gasteiger charge is -2.06. The highest BCUT2D eigenvalue weighted by molar-refractivity contribution is 5.58. The van der Waals surface area contributed by atoms with E-state index in [1.807, 2.05) is 0 Å². The quantitative estimate of drug-likeness (QED) is 0.645. The number of nitrogens with zero attached hydrogens (tertiary/aromatic N) is 2. The minimum atomic E-state index is -0.618. The summed E-state index contributed by atoms with van der Waals surface area (Å²) in [5.74, 6) is -0.673. The first-order valence-corrected chi connectivity index (χ1v) is 5.73. The number of benzene rings is 1. The summed E-state index contributed by atoms with van der Waals surface area (Å²) in [7, 11) is 0.